The number of fused-ring (bicyclic) bond motifs is 1. The summed E-state index contributed by atoms with van der Waals surface area (Å²) < 4.78 is 20.0. The second-order valence-electron chi connectivity index (χ2n) is 9.62. The minimum atomic E-state index is -2.20. The molecule has 0 amide bonds. The highest BCUT2D eigenvalue weighted by Gasteiger charge is 2.60. The number of aliphatic hydroxyl groups is 1. The zero-order valence-electron chi connectivity index (χ0n) is 17.3. The van der Waals surface area contributed by atoms with E-state index in [1.54, 1.807) is 13.8 Å². The molecule has 28 heavy (non-hydrogen) atoms. The van der Waals surface area contributed by atoms with Gasteiger partial charge in [-0.1, -0.05) is 33.9 Å². The lowest BCUT2D eigenvalue weighted by Gasteiger charge is -2.43. The first-order valence-electron chi connectivity index (χ1n) is 9.36. The van der Waals surface area contributed by atoms with Gasteiger partial charge in [-0.05, 0) is 41.5 Å². The third-order valence-corrected chi connectivity index (χ3v) is 12.7. The van der Waals surface area contributed by atoms with Crippen molar-refractivity contribution in [3.8, 4) is 0 Å². The van der Waals surface area contributed by atoms with E-state index >= 15 is 0 Å². The summed E-state index contributed by atoms with van der Waals surface area (Å²) in [5.41, 5.74) is -1.75. The molecule has 8 nitrogen and oxygen atoms in total. The molecule has 2 aliphatic rings. The maximum absolute atomic E-state index is 12.4. The van der Waals surface area contributed by atoms with Gasteiger partial charge in [0.1, 0.15) is 18.3 Å². The third kappa shape index (κ3) is 3.67. The lowest BCUT2D eigenvalue weighted by atomic mass is 10.1. The van der Waals surface area contributed by atoms with Crippen LogP contribution >= 0.6 is 22.6 Å². The highest BCUT2D eigenvalue weighted by atomic mass is 127. The molecule has 2 N–H and O–H groups in total. The Morgan fingerprint density at radius 3 is 2.39 bits per heavy atom. The maximum atomic E-state index is 12.4. The van der Waals surface area contributed by atoms with Crippen LogP contribution in [0.15, 0.2) is 15.8 Å². The minimum Gasteiger partial charge on any atom is -0.394 e. The number of hydrogen-bond acceptors (Lipinski definition) is 6. The zero-order valence-corrected chi connectivity index (χ0v) is 20.4. The lowest BCUT2D eigenvalue weighted by Crippen LogP contribution is -2.57. The zero-order chi connectivity index (χ0) is 21.2. The number of aromatic amines is 1. The van der Waals surface area contributed by atoms with E-state index in [0.717, 1.165) is 0 Å². The van der Waals surface area contributed by atoms with Gasteiger partial charge in [0.25, 0.3) is 5.56 Å². The number of ether oxygens (including phenoxy) is 3. The normalized spacial score (nSPS) is 31.0. The molecule has 0 aromatic carbocycles. The summed E-state index contributed by atoms with van der Waals surface area (Å²) >= 11 is 1.87. The molecule has 3 heterocycles. The van der Waals surface area contributed by atoms with Crippen molar-refractivity contribution < 1.29 is 19.3 Å². The second kappa shape index (κ2) is 7.01. The Kier molecular flexibility index (Phi) is 5.55. The van der Waals surface area contributed by atoms with Gasteiger partial charge in [0.15, 0.2) is 12.0 Å². The van der Waals surface area contributed by atoms with E-state index in [1.807, 2.05) is 22.6 Å². The highest BCUT2D eigenvalue weighted by Crippen LogP contribution is 2.47. The summed E-state index contributed by atoms with van der Waals surface area (Å²) in [5, 5.41) is 11.2. The van der Waals surface area contributed by atoms with Crippen LogP contribution in [0.1, 0.15) is 40.8 Å². The van der Waals surface area contributed by atoms with Crippen LogP contribution in [0.5, 0.6) is 0 Å². The first-order chi connectivity index (χ1) is 12.7. The number of rotatable bonds is 3. The highest BCUT2D eigenvalue weighted by molar-refractivity contribution is 14.1. The van der Waals surface area contributed by atoms with E-state index in [4.69, 9.17) is 14.2 Å². The van der Waals surface area contributed by atoms with Crippen molar-refractivity contribution in [3.63, 3.8) is 0 Å². The molecule has 1 aromatic rings. The van der Waals surface area contributed by atoms with E-state index in [1.165, 1.54) is 10.8 Å². The molecule has 158 valence electrons. The van der Waals surface area contributed by atoms with Crippen molar-refractivity contribution in [2.45, 2.75) is 88.8 Å². The topological polar surface area (TPSA) is 103 Å². The van der Waals surface area contributed by atoms with Gasteiger partial charge in [-0.25, -0.2) is 4.79 Å². The fraction of sp³-hybridized carbons (Fsp3) is 0.778. The number of nitrogens with zero attached hydrogens (tertiary/aromatic N) is 1. The smallest absolute Gasteiger partial charge is 0.330 e. The van der Waals surface area contributed by atoms with Gasteiger partial charge in [0, 0.05) is 6.20 Å². The van der Waals surface area contributed by atoms with Crippen LogP contribution in [0.3, 0.4) is 0 Å². The average molecular weight is 524 g/mol. The van der Waals surface area contributed by atoms with Crippen LogP contribution in [-0.4, -0.2) is 52.6 Å². The standard InChI is InChI=1S/C18H29IN2O6Si/c1-17(2,3)28(6,7)15(23)12-10-11(27-18(4,5)26-10)14(25-12)21-8-9(19)13(22)20-16(21)24/h8,10-12,14-15,23H,1-7H3,(H,20,22,24)/t10-,11+,12-,14+,15?/m0/s1. The molecular formula is C18H29IN2O6Si. The van der Waals surface area contributed by atoms with Gasteiger partial charge < -0.3 is 19.3 Å². The molecule has 2 fully saturated rings. The molecular weight excluding hydrogens is 495 g/mol. The van der Waals surface area contributed by atoms with Crippen molar-refractivity contribution in [2.75, 3.05) is 0 Å². The minimum absolute atomic E-state index is 0.0669. The quantitative estimate of drug-likeness (QED) is 0.463. The predicted octanol–water partition coefficient (Wildman–Crippen LogP) is 1.97. The van der Waals surface area contributed by atoms with E-state index in [0.29, 0.717) is 3.57 Å². The molecule has 3 rings (SSSR count). The summed E-state index contributed by atoms with van der Waals surface area (Å²) in [6.45, 7) is 14.2. The molecule has 10 heteroatoms. The van der Waals surface area contributed by atoms with Crippen LogP contribution in [0.2, 0.25) is 18.1 Å². The Morgan fingerprint density at radius 1 is 1.25 bits per heavy atom. The number of H-pyrrole nitrogens is 1. The summed E-state index contributed by atoms with van der Waals surface area (Å²) in [4.78, 5) is 26.5. The molecule has 1 aromatic heterocycles. The third-order valence-electron chi connectivity index (χ3n) is 6.25. The predicted molar refractivity (Wildman–Crippen MR) is 115 cm³/mol. The molecule has 2 aliphatic heterocycles. The fourth-order valence-corrected chi connectivity index (χ4v) is 6.00. The first kappa shape index (κ1) is 22.2. The van der Waals surface area contributed by atoms with Gasteiger partial charge >= 0.3 is 5.69 Å². The largest absolute Gasteiger partial charge is 0.394 e. The first-order valence-corrected chi connectivity index (χ1v) is 13.5. The molecule has 2 saturated heterocycles. The summed E-state index contributed by atoms with van der Waals surface area (Å²) in [7, 11) is -2.20. The monoisotopic (exact) mass is 524 g/mol. The van der Waals surface area contributed by atoms with Gasteiger partial charge in [0.05, 0.1) is 17.4 Å². The molecule has 0 radical (unpaired) electrons. The van der Waals surface area contributed by atoms with Crippen LogP contribution < -0.4 is 11.2 Å². The van der Waals surface area contributed by atoms with E-state index < -0.39 is 55.4 Å². The fourth-order valence-electron chi connectivity index (χ4n) is 3.59. The number of aromatic nitrogens is 2. The molecule has 0 aliphatic carbocycles. The van der Waals surface area contributed by atoms with Gasteiger partial charge in [-0.3, -0.25) is 14.3 Å². The van der Waals surface area contributed by atoms with E-state index in [9.17, 15) is 14.7 Å². The van der Waals surface area contributed by atoms with Crippen molar-refractivity contribution in [2.24, 2.45) is 0 Å². The van der Waals surface area contributed by atoms with Gasteiger partial charge in [-0.15, -0.1) is 0 Å². The molecule has 0 bridgehead atoms. The number of nitrogens with one attached hydrogen (secondary N) is 1. The number of hydrogen-bond donors (Lipinski definition) is 2. The molecule has 5 atom stereocenters. The van der Waals surface area contributed by atoms with Crippen LogP contribution in [0.25, 0.3) is 0 Å². The summed E-state index contributed by atoms with van der Waals surface area (Å²) in [6, 6.07) is 0. The van der Waals surface area contributed by atoms with Gasteiger partial charge in [-0.2, -0.15) is 0 Å². The Hall–Kier alpha value is -0.533. The molecule has 0 saturated carbocycles. The van der Waals surface area contributed by atoms with Crippen molar-refractivity contribution in [3.05, 3.63) is 30.6 Å². The van der Waals surface area contributed by atoms with Gasteiger partial charge in [0.2, 0.25) is 0 Å². The van der Waals surface area contributed by atoms with E-state index in [2.05, 4.69) is 38.8 Å². The summed E-state index contributed by atoms with van der Waals surface area (Å²) in [5.74, 6) is -0.859. The van der Waals surface area contributed by atoms with Crippen molar-refractivity contribution in [1.29, 1.82) is 0 Å². The second-order valence-corrected chi connectivity index (χ2v) is 16.3. The number of aliphatic hydroxyl groups excluding tert-OH is 1. The Bertz CT molecular complexity index is 874. The van der Waals surface area contributed by atoms with E-state index in [-0.39, 0.29) is 5.04 Å². The van der Waals surface area contributed by atoms with Crippen molar-refractivity contribution in [1.82, 2.24) is 9.55 Å². The number of halogens is 1. The Labute approximate surface area is 178 Å². The van der Waals surface area contributed by atoms with Crippen LogP contribution in [0.4, 0.5) is 0 Å². The molecule has 1 unspecified atom stereocenters. The van der Waals surface area contributed by atoms with Crippen LogP contribution in [-0.2, 0) is 14.2 Å². The Morgan fingerprint density at radius 2 is 1.82 bits per heavy atom. The molecule has 0 spiro atoms. The SMILES string of the molecule is CC1(C)O[C@@H]2[C@H](O1)[C@@H](C(O)[Si](C)(C)C(C)(C)C)O[C@H]2n1cc(I)c(=O)[nH]c1=O. The van der Waals surface area contributed by atoms with Crippen LogP contribution in [0, 0.1) is 3.57 Å². The average Bonchev–Trinajstić information content (AvgIpc) is 3.02. The maximum Gasteiger partial charge on any atom is 0.330 e. The summed E-state index contributed by atoms with van der Waals surface area (Å²) in [6.07, 6.45) is -1.05. The van der Waals surface area contributed by atoms with Crippen molar-refractivity contribution >= 4 is 30.7 Å². The Balaban J connectivity index is 2.03. The lowest BCUT2D eigenvalue weighted by molar-refractivity contribution is -0.203.